The molecule has 5 heteroatoms. The van der Waals surface area contributed by atoms with E-state index in [2.05, 4.69) is 22.4 Å². The van der Waals surface area contributed by atoms with E-state index in [1.807, 2.05) is 6.92 Å². The summed E-state index contributed by atoms with van der Waals surface area (Å²) in [6.07, 6.45) is 0. The van der Waals surface area contributed by atoms with E-state index in [0.717, 1.165) is 5.56 Å². The van der Waals surface area contributed by atoms with Gasteiger partial charge in [-0.05, 0) is 42.9 Å². The van der Waals surface area contributed by atoms with Crippen LogP contribution in [0.1, 0.15) is 11.1 Å². The van der Waals surface area contributed by atoms with Gasteiger partial charge in [-0.3, -0.25) is 0 Å². The molecule has 0 aliphatic carbocycles. The maximum atomic E-state index is 12.4. The minimum absolute atomic E-state index is 0.104. The highest BCUT2D eigenvalue weighted by Crippen LogP contribution is 2.24. The number of benzene rings is 2. The summed E-state index contributed by atoms with van der Waals surface area (Å²) in [6.45, 7) is 1.92. The lowest BCUT2D eigenvalue weighted by atomic mass is 10.2. The molecular weight excluding hydrogens is 290 g/mol. The van der Waals surface area contributed by atoms with E-state index in [0.29, 0.717) is 16.1 Å². The highest BCUT2D eigenvalue weighted by atomic mass is 32.2. The lowest BCUT2D eigenvalue weighted by Crippen LogP contribution is -2.05. The Hall–Kier alpha value is -1.81. The minimum atomic E-state index is -3.39. The van der Waals surface area contributed by atoms with Crippen molar-refractivity contribution in [1.29, 1.82) is 0 Å². The van der Waals surface area contributed by atoms with Crippen molar-refractivity contribution in [2.45, 2.75) is 17.6 Å². The van der Waals surface area contributed by atoms with Gasteiger partial charge in [0.2, 0.25) is 0 Å². The van der Waals surface area contributed by atoms with Crippen LogP contribution in [0.4, 0.5) is 5.69 Å². The Kier molecular flexibility index (Phi) is 4.45. The number of thiocarbonyl (C=S) groups is 1. The molecule has 102 valence electrons. The molecule has 0 spiro atoms. The number of hydrogen-bond donors (Lipinski definition) is 0. The molecule has 0 heterocycles. The third-order valence-corrected chi connectivity index (χ3v) is 4.66. The zero-order chi connectivity index (χ0) is 14.6. The van der Waals surface area contributed by atoms with Gasteiger partial charge >= 0.3 is 0 Å². The van der Waals surface area contributed by atoms with Crippen LogP contribution in [-0.2, 0) is 15.6 Å². The lowest BCUT2D eigenvalue weighted by molar-refractivity contribution is 0.595. The predicted octanol–water partition coefficient (Wildman–Crippen LogP) is 3.70. The summed E-state index contributed by atoms with van der Waals surface area (Å²) in [5.74, 6) is -0.104. The quantitative estimate of drug-likeness (QED) is 0.639. The average molecular weight is 303 g/mol. The molecule has 0 amide bonds. The number of isothiocyanates is 1. The molecule has 2 aromatic carbocycles. The zero-order valence-corrected chi connectivity index (χ0v) is 12.5. The van der Waals surface area contributed by atoms with Crippen LogP contribution in [0.5, 0.6) is 0 Å². The fourth-order valence-electron chi connectivity index (χ4n) is 1.82. The SMILES string of the molecule is Cc1ccc(S(=O)(=O)Cc2ccccc2N=C=S)cc1. The molecule has 0 radical (unpaired) electrons. The number of rotatable bonds is 4. The second kappa shape index (κ2) is 6.09. The summed E-state index contributed by atoms with van der Waals surface area (Å²) < 4.78 is 24.8. The standard InChI is InChI=1S/C15H13NO2S2/c1-12-6-8-14(9-7-12)20(17,18)10-13-4-2-3-5-15(13)16-11-19/h2-9H,10H2,1H3. The molecule has 0 aliphatic heterocycles. The smallest absolute Gasteiger partial charge is 0.182 e. The largest absolute Gasteiger partial charge is 0.223 e. The summed E-state index contributed by atoms with van der Waals surface area (Å²) in [5, 5.41) is 2.27. The van der Waals surface area contributed by atoms with Gasteiger partial charge in [0, 0.05) is 0 Å². The Morgan fingerprint density at radius 3 is 2.40 bits per heavy atom. The summed E-state index contributed by atoms with van der Waals surface area (Å²) >= 11 is 4.58. The van der Waals surface area contributed by atoms with Gasteiger partial charge in [0.1, 0.15) is 0 Å². The summed E-state index contributed by atoms with van der Waals surface area (Å²) in [6, 6.07) is 13.8. The van der Waals surface area contributed by atoms with E-state index >= 15 is 0 Å². The number of hydrogen-bond acceptors (Lipinski definition) is 4. The lowest BCUT2D eigenvalue weighted by Gasteiger charge is -2.07. The van der Waals surface area contributed by atoms with E-state index in [4.69, 9.17) is 0 Å². The second-order valence-electron chi connectivity index (χ2n) is 4.40. The van der Waals surface area contributed by atoms with Gasteiger partial charge in [-0.1, -0.05) is 35.9 Å². The van der Waals surface area contributed by atoms with Gasteiger partial charge in [-0.25, -0.2) is 8.42 Å². The van der Waals surface area contributed by atoms with Crippen molar-refractivity contribution in [2.24, 2.45) is 4.99 Å². The molecule has 0 saturated heterocycles. The van der Waals surface area contributed by atoms with Crippen molar-refractivity contribution in [3.63, 3.8) is 0 Å². The molecule has 2 aromatic rings. The Labute approximate surface area is 123 Å². The first-order valence-electron chi connectivity index (χ1n) is 5.98. The molecule has 0 atom stereocenters. The van der Waals surface area contributed by atoms with Gasteiger partial charge < -0.3 is 0 Å². The summed E-state index contributed by atoms with van der Waals surface area (Å²) in [7, 11) is -3.39. The highest BCUT2D eigenvalue weighted by Gasteiger charge is 2.16. The fraction of sp³-hybridized carbons (Fsp3) is 0.133. The third kappa shape index (κ3) is 3.39. The molecule has 0 fully saturated rings. The molecular formula is C15H13NO2S2. The number of para-hydroxylation sites is 1. The molecule has 2 rings (SSSR count). The van der Waals surface area contributed by atoms with Crippen LogP contribution in [0.25, 0.3) is 0 Å². The summed E-state index contributed by atoms with van der Waals surface area (Å²) in [4.78, 5) is 4.21. The Bertz CT molecular complexity index is 759. The van der Waals surface area contributed by atoms with Crippen molar-refractivity contribution in [1.82, 2.24) is 0 Å². The van der Waals surface area contributed by atoms with Crippen LogP contribution < -0.4 is 0 Å². The predicted molar refractivity (Wildman–Crippen MR) is 83.2 cm³/mol. The van der Waals surface area contributed by atoms with Crippen molar-refractivity contribution >= 4 is 32.9 Å². The molecule has 0 bridgehead atoms. The second-order valence-corrected chi connectivity index (χ2v) is 6.58. The fourth-order valence-corrected chi connectivity index (χ4v) is 3.29. The van der Waals surface area contributed by atoms with Gasteiger partial charge in [-0.2, -0.15) is 4.99 Å². The first kappa shape index (κ1) is 14.6. The first-order valence-corrected chi connectivity index (χ1v) is 8.04. The van der Waals surface area contributed by atoms with E-state index in [1.54, 1.807) is 48.5 Å². The van der Waals surface area contributed by atoms with Crippen LogP contribution in [0.15, 0.2) is 58.4 Å². The van der Waals surface area contributed by atoms with Gasteiger partial charge in [-0.15, -0.1) is 0 Å². The Morgan fingerprint density at radius 2 is 1.75 bits per heavy atom. The van der Waals surface area contributed by atoms with Crippen LogP contribution >= 0.6 is 12.2 Å². The zero-order valence-electron chi connectivity index (χ0n) is 10.9. The van der Waals surface area contributed by atoms with E-state index in [9.17, 15) is 8.42 Å². The van der Waals surface area contributed by atoms with Gasteiger partial charge in [0.05, 0.1) is 21.5 Å². The third-order valence-electron chi connectivity index (χ3n) is 2.88. The monoisotopic (exact) mass is 303 g/mol. The highest BCUT2D eigenvalue weighted by molar-refractivity contribution is 7.90. The number of nitrogens with zero attached hydrogens (tertiary/aromatic N) is 1. The van der Waals surface area contributed by atoms with Crippen LogP contribution in [0.3, 0.4) is 0 Å². The molecule has 0 aromatic heterocycles. The van der Waals surface area contributed by atoms with E-state index in [1.165, 1.54) is 0 Å². The topological polar surface area (TPSA) is 46.5 Å². The number of aliphatic imine (C=N–C) groups is 1. The maximum Gasteiger partial charge on any atom is 0.182 e. The van der Waals surface area contributed by atoms with Crippen molar-refractivity contribution in [3.8, 4) is 0 Å². The summed E-state index contributed by atoms with van der Waals surface area (Å²) in [5.41, 5.74) is 2.18. The average Bonchev–Trinajstić information content (AvgIpc) is 2.41. The molecule has 0 saturated carbocycles. The van der Waals surface area contributed by atoms with Crippen LogP contribution in [-0.4, -0.2) is 13.6 Å². The van der Waals surface area contributed by atoms with E-state index in [-0.39, 0.29) is 5.75 Å². The Morgan fingerprint density at radius 1 is 1.10 bits per heavy atom. The van der Waals surface area contributed by atoms with Gasteiger partial charge in [0.25, 0.3) is 0 Å². The normalized spacial score (nSPS) is 10.8. The Balaban J connectivity index is 2.38. The van der Waals surface area contributed by atoms with Crippen molar-refractivity contribution in [2.75, 3.05) is 0 Å². The maximum absolute atomic E-state index is 12.4. The van der Waals surface area contributed by atoms with E-state index < -0.39 is 9.84 Å². The van der Waals surface area contributed by atoms with Crippen LogP contribution in [0.2, 0.25) is 0 Å². The van der Waals surface area contributed by atoms with Crippen LogP contribution in [0, 0.1) is 6.92 Å². The number of sulfone groups is 1. The first-order chi connectivity index (χ1) is 9.53. The van der Waals surface area contributed by atoms with Gasteiger partial charge in [0.15, 0.2) is 9.84 Å². The number of aryl methyl sites for hydroxylation is 1. The molecule has 0 unspecified atom stereocenters. The van der Waals surface area contributed by atoms with Crippen molar-refractivity contribution in [3.05, 3.63) is 59.7 Å². The molecule has 3 nitrogen and oxygen atoms in total. The molecule has 0 N–H and O–H groups in total. The van der Waals surface area contributed by atoms with Crippen molar-refractivity contribution < 1.29 is 8.42 Å². The molecule has 0 aliphatic rings. The minimum Gasteiger partial charge on any atom is -0.223 e. The molecule has 20 heavy (non-hydrogen) atoms.